The van der Waals surface area contributed by atoms with Crippen molar-refractivity contribution in [2.45, 2.75) is 49.3 Å². The molecule has 2 N–H and O–H groups in total. The van der Waals surface area contributed by atoms with Gasteiger partial charge in [0.2, 0.25) is 5.60 Å². The molecule has 0 aliphatic carbocycles. The van der Waals surface area contributed by atoms with E-state index in [-0.39, 0.29) is 50.8 Å². The Labute approximate surface area is 215 Å². The highest BCUT2D eigenvalue weighted by Gasteiger charge is 2.56. The van der Waals surface area contributed by atoms with Gasteiger partial charge in [-0.15, -0.1) is 0 Å². The SMILES string of the molecule is O=C(O)CC1(O)CCN(C(=O)C2(c3ccccc3)CN(C3CCN(c4ccncc4)CC3)C(=O)O2)CC1. The number of amides is 2. The molecule has 1 atom stereocenters. The van der Waals surface area contributed by atoms with Crippen molar-refractivity contribution in [3.8, 4) is 0 Å². The first-order valence-electron chi connectivity index (χ1n) is 12.7. The van der Waals surface area contributed by atoms with Gasteiger partial charge < -0.3 is 29.6 Å². The van der Waals surface area contributed by atoms with Gasteiger partial charge in [-0.2, -0.15) is 0 Å². The van der Waals surface area contributed by atoms with Crippen molar-refractivity contribution in [1.82, 2.24) is 14.8 Å². The van der Waals surface area contributed by atoms with Gasteiger partial charge in [0.25, 0.3) is 5.91 Å². The molecule has 1 aromatic heterocycles. The maximum absolute atomic E-state index is 14.0. The first kappa shape index (κ1) is 25.0. The number of cyclic esters (lactones) is 1. The second kappa shape index (κ2) is 10.0. The van der Waals surface area contributed by atoms with E-state index in [9.17, 15) is 19.5 Å². The Hall–Kier alpha value is -3.66. The van der Waals surface area contributed by atoms with Crippen molar-refractivity contribution < 1.29 is 29.3 Å². The topological polar surface area (TPSA) is 124 Å². The lowest BCUT2D eigenvalue weighted by Crippen LogP contribution is -2.55. The van der Waals surface area contributed by atoms with Crippen LogP contribution in [0, 0.1) is 0 Å². The summed E-state index contributed by atoms with van der Waals surface area (Å²) in [6.45, 7) is 2.06. The largest absolute Gasteiger partial charge is 0.481 e. The number of carboxylic acid groups (broad SMARTS) is 1. The van der Waals surface area contributed by atoms with Crippen LogP contribution in [-0.4, -0.2) is 87.3 Å². The summed E-state index contributed by atoms with van der Waals surface area (Å²) in [6.07, 6.45) is 4.48. The average Bonchev–Trinajstić information content (AvgIpc) is 3.27. The van der Waals surface area contributed by atoms with Gasteiger partial charge in [0, 0.05) is 55.9 Å². The van der Waals surface area contributed by atoms with Gasteiger partial charge in [0.05, 0.1) is 18.6 Å². The molecule has 4 heterocycles. The summed E-state index contributed by atoms with van der Waals surface area (Å²) in [5.74, 6) is -1.40. The fourth-order valence-corrected chi connectivity index (χ4v) is 5.75. The number of piperidine rings is 2. The van der Waals surface area contributed by atoms with Gasteiger partial charge in [-0.25, -0.2) is 4.79 Å². The van der Waals surface area contributed by atoms with Gasteiger partial charge in [-0.3, -0.25) is 14.6 Å². The zero-order valence-electron chi connectivity index (χ0n) is 20.7. The van der Waals surface area contributed by atoms with Crippen molar-refractivity contribution in [1.29, 1.82) is 0 Å². The molecule has 1 unspecified atom stereocenters. The highest BCUT2D eigenvalue weighted by molar-refractivity contribution is 5.92. The normalized spacial score (nSPS) is 24.1. The smallest absolute Gasteiger partial charge is 0.411 e. The summed E-state index contributed by atoms with van der Waals surface area (Å²) in [7, 11) is 0. The Morgan fingerprint density at radius 1 is 1.00 bits per heavy atom. The van der Waals surface area contributed by atoms with Gasteiger partial charge >= 0.3 is 12.1 Å². The quantitative estimate of drug-likeness (QED) is 0.609. The molecule has 3 aliphatic heterocycles. The van der Waals surface area contributed by atoms with Crippen molar-refractivity contribution in [3.63, 3.8) is 0 Å². The number of benzene rings is 1. The number of hydrogen-bond acceptors (Lipinski definition) is 7. The lowest BCUT2D eigenvalue weighted by atomic mass is 9.86. The van der Waals surface area contributed by atoms with Crippen molar-refractivity contribution in [2.75, 3.05) is 37.6 Å². The van der Waals surface area contributed by atoms with E-state index < -0.39 is 23.3 Å². The lowest BCUT2D eigenvalue weighted by molar-refractivity contribution is -0.155. The van der Waals surface area contributed by atoms with E-state index in [2.05, 4.69) is 9.88 Å². The molecule has 0 saturated carbocycles. The summed E-state index contributed by atoms with van der Waals surface area (Å²) in [4.78, 5) is 48.0. The number of likely N-dealkylation sites (tertiary alicyclic amines) is 1. The fraction of sp³-hybridized carbons (Fsp3) is 0.481. The molecular weight excluding hydrogens is 476 g/mol. The Balaban J connectivity index is 1.33. The predicted octanol–water partition coefficient (Wildman–Crippen LogP) is 2.23. The Bertz CT molecular complexity index is 1130. The standard InChI is InChI=1S/C27H32N4O6/c32-23(33)18-26(36)10-16-30(17-11-26)24(34)27(20-4-2-1-3-5-20)19-31(25(35)37-27)22-8-14-29(15-9-22)21-6-12-28-13-7-21/h1-7,12-13,22,36H,8-11,14-19H2,(H,32,33). The molecule has 2 aromatic rings. The van der Waals surface area contributed by atoms with Crippen LogP contribution in [-0.2, 0) is 19.9 Å². The van der Waals surface area contributed by atoms with Crippen LogP contribution < -0.4 is 4.90 Å². The number of rotatable bonds is 6. The first-order chi connectivity index (χ1) is 17.8. The number of ether oxygens (including phenoxy) is 1. The minimum Gasteiger partial charge on any atom is -0.481 e. The number of anilines is 1. The molecule has 10 heteroatoms. The van der Waals surface area contributed by atoms with Crippen LogP contribution in [0.1, 0.15) is 37.7 Å². The first-order valence-corrected chi connectivity index (χ1v) is 12.7. The number of carbonyl (C=O) groups excluding carboxylic acids is 2. The van der Waals surface area contributed by atoms with E-state index in [0.717, 1.165) is 31.6 Å². The number of pyridine rings is 1. The molecule has 0 bridgehead atoms. The van der Waals surface area contributed by atoms with Gasteiger partial charge in [-0.1, -0.05) is 30.3 Å². The van der Waals surface area contributed by atoms with Crippen molar-refractivity contribution in [3.05, 3.63) is 60.4 Å². The van der Waals surface area contributed by atoms with Gasteiger partial charge in [-0.05, 0) is 37.8 Å². The minimum absolute atomic E-state index is 0.0500. The number of hydrogen-bond donors (Lipinski definition) is 2. The number of carboxylic acids is 1. The van der Waals surface area contributed by atoms with E-state index in [1.165, 1.54) is 0 Å². The predicted molar refractivity (Wildman–Crippen MR) is 134 cm³/mol. The Morgan fingerprint density at radius 3 is 2.27 bits per heavy atom. The molecule has 5 rings (SSSR count). The van der Waals surface area contributed by atoms with E-state index in [1.807, 2.05) is 30.3 Å². The summed E-state index contributed by atoms with van der Waals surface area (Å²) in [5.41, 5.74) is -1.12. The fourth-order valence-electron chi connectivity index (χ4n) is 5.75. The van der Waals surface area contributed by atoms with Crippen LogP contribution >= 0.6 is 0 Å². The highest BCUT2D eigenvalue weighted by Crippen LogP contribution is 2.39. The monoisotopic (exact) mass is 508 g/mol. The highest BCUT2D eigenvalue weighted by atomic mass is 16.6. The third-order valence-corrected chi connectivity index (χ3v) is 7.87. The second-order valence-corrected chi connectivity index (χ2v) is 10.2. The molecule has 3 aliphatic rings. The van der Waals surface area contributed by atoms with Crippen LogP contribution in [0.25, 0.3) is 0 Å². The number of carbonyl (C=O) groups is 3. The van der Waals surface area contributed by atoms with Crippen LogP contribution in [0.15, 0.2) is 54.9 Å². The van der Waals surface area contributed by atoms with E-state index in [0.29, 0.717) is 5.56 Å². The summed E-state index contributed by atoms with van der Waals surface area (Å²) in [5, 5.41) is 19.7. The maximum atomic E-state index is 14.0. The maximum Gasteiger partial charge on any atom is 0.411 e. The zero-order chi connectivity index (χ0) is 26.0. The van der Waals surface area contributed by atoms with E-state index in [4.69, 9.17) is 9.84 Å². The number of nitrogens with zero attached hydrogens (tertiary/aromatic N) is 4. The summed E-state index contributed by atoms with van der Waals surface area (Å²) in [6, 6.07) is 13.0. The van der Waals surface area contributed by atoms with Crippen LogP contribution in [0.2, 0.25) is 0 Å². The number of aliphatic carboxylic acids is 1. The number of aliphatic hydroxyl groups is 1. The Morgan fingerprint density at radius 2 is 1.65 bits per heavy atom. The van der Waals surface area contributed by atoms with Crippen molar-refractivity contribution >= 4 is 23.7 Å². The molecule has 1 aromatic carbocycles. The molecule has 196 valence electrons. The second-order valence-electron chi connectivity index (χ2n) is 10.2. The molecule has 37 heavy (non-hydrogen) atoms. The van der Waals surface area contributed by atoms with Crippen LogP contribution in [0.5, 0.6) is 0 Å². The minimum atomic E-state index is -1.48. The molecular formula is C27H32N4O6. The third-order valence-electron chi connectivity index (χ3n) is 7.87. The van der Waals surface area contributed by atoms with Crippen LogP contribution in [0.4, 0.5) is 10.5 Å². The third kappa shape index (κ3) is 4.98. The molecule has 3 saturated heterocycles. The molecule has 0 radical (unpaired) electrons. The summed E-state index contributed by atoms with van der Waals surface area (Å²) < 4.78 is 5.96. The average molecular weight is 509 g/mol. The summed E-state index contributed by atoms with van der Waals surface area (Å²) >= 11 is 0. The Kier molecular flexibility index (Phi) is 6.76. The van der Waals surface area contributed by atoms with Gasteiger partial charge in [0.1, 0.15) is 0 Å². The molecule has 2 amide bonds. The molecule has 3 fully saturated rings. The molecule has 10 nitrogen and oxygen atoms in total. The van der Waals surface area contributed by atoms with Crippen LogP contribution in [0.3, 0.4) is 0 Å². The van der Waals surface area contributed by atoms with Crippen molar-refractivity contribution in [2.24, 2.45) is 0 Å². The van der Waals surface area contributed by atoms with E-state index >= 15 is 0 Å². The number of aromatic nitrogens is 1. The van der Waals surface area contributed by atoms with E-state index in [1.54, 1.807) is 34.3 Å². The zero-order valence-corrected chi connectivity index (χ0v) is 20.7. The molecule has 0 spiro atoms. The van der Waals surface area contributed by atoms with Gasteiger partial charge in [0.15, 0.2) is 0 Å². The lowest BCUT2D eigenvalue weighted by Gasteiger charge is -2.41.